The van der Waals surface area contributed by atoms with Crippen molar-refractivity contribution in [2.24, 2.45) is 7.05 Å². The molecule has 1 aliphatic rings. The largest absolute Gasteiger partial charge is 0.416 e. The van der Waals surface area contributed by atoms with Crippen LogP contribution in [0.3, 0.4) is 0 Å². The number of aromatic nitrogens is 2. The highest BCUT2D eigenvalue weighted by atomic mass is 19.4. The van der Waals surface area contributed by atoms with E-state index in [1.54, 1.807) is 23.6 Å². The predicted molar refractivity (Wildman–Crippen MR) is 89.6 cm³/mol. The summed E-state index contributed by atoms with van der Waals surface area (Å²) in [5.41, 5.74) is 0.0872. The SMILES string of the molecule is CN(CC1CCCO1)C(=O)NCc1nc2cc(C(F)(F)F)ccc2n1C. The van der Waals surface area contributed by atoms with Gasteiger partial charge in [0, 0.05) is 27.2 Å². The first-order valence-corrected chi connectivity index (χ1v) is 8.39. The van der Waals surface area contributed by atoms with Crippen molar-refractivity contribution in [3.63, 3.8) is 0 Å². The number of likely N-dealkylation sites (N-methyl/N-ethyl adjacent to an activating group) is 1. The van der Waals surface area contributed by atoms with E-state index in [4.69, 9.17) is 4.74 Å². The number of benzene rings is 1. The van der Waals surface area contributed by atoms with Crippen LogP contribution in [-0.4, -0.2) is 46.8 Å². The zero-order valence-electron chi connectivity index (χ0n) is 14.6. The number of carbonyl (C=O) groups excluding carboxylic acids is 1. The first-order chi connectivity index (χ1) is 12.3. The molecule has 9 heteroatoms. The Labute approximate surface area is 148 Å². The zero-order chi connectivity index (χ0) is 18.9. The summed E-state index contributed by atoms with van der Waals surface area (Å²) in [6, 6.07) is 3.16. The zero-order valence-corrected chi connectivity index (χ0v) is 14.6. The lowest BCUT2D eigenvalue weighted by molar-refractivity contribution is -0.137. The number of carbonyl (C=O) groups is 1. The van der Waals surface area contributed by atoms with Crippen molar-refractivity contribution >= 4 is 17.1 Å². The van der Waals surface area contributed by atoms with Crippen LogP contribution in [0, 0.1) is 0 Å². The van der Waals surface area contributed by atoms with Gasteiger partial charge in [0.2, 0.25) is 0 Å². The quantitative estimate of drug-likeness (QED) is 0.900. The monoisotopic (exact) mass is 370 g/mol. The standard InChI is InChI=1S/C17H21F3N4O2/c1-23(10-12-4-3-7-26-12)16(25)21-9-15-22-13-8-11(17(18,19)20)5-6-14(13)24(15)2/h5-6,8,12H,3-4,7,9-10H2,1-2H3,(H,21,25). The molecule has 1 atom stereocenters. The number of hydrogen-bond acceptors (Lipinski definition) is 3. The molecule has 0 bridgehead atoms. The highest BCUT2D eigenvalue weighted by Gasteiger charge is 2.31. The van der Waals surface area contributed by atoms with Gasteiger partial charge < -0.3 is 19.5 Å². The fourth-order valence-electron chi connectivity index (χ4n) is 3.05. The Morgan fingerprint density at radius 3 is 2.88 bits per heavy atom. The number of nitrogens with zero attached hydrogens (tertiary/aromatic N) is 3. The van der Waals surface area contributed by atoms with Gasteiger partial charge in [0.1, 0.15) is 5.82 Å². The number of halogens is 3. The van der Waals surface area contributed by atoms with Gasteiger partial charge in [-0.05, 0) is 31.0 Å². The Kier molecular flexibility index (Phi) is 5.08. The molecule has 142 valence electrons. The van der Waals surface area contributed by atoms with E-state index in [0.29, 0.717) is 17.9 Å². The van der Waals surface area contributed by atoms with Crippen molar-refractivity contribution in [1.82, 2.24) is 19.8 Å². The van der Waals surface area contributed by atoms with Gasteiger partial charge in [-0.3, -0.25) is 0 Å². The number of ether oxygens (including phenoxy) is 1. The molecule has 2 heterocycles. The number of fused-ring (bicyclic) bond motifs is 1. The van der Waals surface area contributed by atoms with E-state index in [1.165, 1.54) is 6.07 Å². The maximum absolute atomic E-state index is 12.8. The summed E-state index contributed by atoms with van der Waals surface area (Å²) in [4.78, 5) is 18.0. The average Bonchev–Trinajstić information content (AvgIpc) is 3.19. The van der Waals surface area contributed by atoms with E-state index < -0.39 is 11.7 Å². The topological polar surface area (TPSA) is 59.4 Å². The molecule has 1 fully saturated rings. The van der Waals surface area contributed by atoms with Gasteiger partial charge in [-0.25, -0.2) is 9.78 Å². The number of rotatable bonds is 4. The molecule has 0 aliphatic carbocycles. The summed E-state index contributed by atoms with van der Waals surface area (Å²) in [5.74, 6) is 0.484. The minimum absolute atomic E-state index is 0.0577. The summed E-state index contributed by atoms with van der Waals surface area (Å²) >= 11 is 0. The van der Waals surface area contributed by atoms with Crippen LogP contribution in [0.5, 0.6) is 0 Å². The molecule has 1 aromatic heterocycles. The maximum Gasteiger partial charge on any atom is 0.416 e. The van der Waals surface area contributed by atoms with Crippen molar-refractivity contribution in [2.45, 2.75) is 31.7 Å². The lowest BCUT2D eigenvalue weighted by Crippen LogP contribution is -2.41. The van der Waals surface area contributed by atoms with Crippen LogP contribution in [0.1, 0.15) is 24.2 Å². The van der Waals surface area contributed by atoms with E-state index in [2.05, 4.69) is 10.3 Å². The Hall–Kier alpha value is -2.29. The molecule has 6 nitrogen and oxygen atoms in total. The van der Waals surface area contributed by atoms with E-state index >= 15 is 0 Å². The second kappa shape index (κ2) is 7.14. The number of aryl methyl sites for hydroxylation is 1. The molecular formula is C17H21F3N4O2. The Morgan fingerprint density at radius 2 is 2.23 bits per heavy atom. The number of amides is 2. The van der Waals surface area contributed by atoms with Gasteiger partial charge in [-0.2, -0.15) is 13.2 Å². The van der Waals surface area contributed by atoms with Gasteiger partial charge in [-0.1, -0.05) is 0 Å². The van der Waals surface area contributed by atoms with Gasteiger partial charge >= 0.3 is 12.2 Å². The first kappa shape index (κ1) is 18.5. The highest BCUT2D eigenvalue weighted by Crippen LogP contribution is 2.31. The smallest absolute Gasteiger partial charge is 0.376 e. The summed E-state index contributed by atoms with van der Waals surface area (Å²) in [7, 11) is 3.39. The van der Waals surface area contributed by atoms with Crippen LogP contribution < -0.4 is 5.32 Å². The third kappa shape index (κ3) is 3.92. The molecule has 1 aromatic carbocycles. The minimum Gasteiger partial charge on any atom is -0.376 e. The van der Waals surface area contributed by atoms with E-state index in [0.717, 1.165) is 31.6 Å². The van der Waals surface area contributed by atoms with Crippen molar-refractivity contribution in [2.75, 3.05) is 20.2 Å². The number of urea groups is 1. The summed E-state index contributed by atoms with van der Waals surface area (Å²) in [5, 5.41) is 2.75. The maximum atomic E-state index is 12.8. The minimum atomic E-state index is -4.41. The molecule has 1 N–H and O–H groups in total. The van der Waals surface area contributed by atoms with Crippen molar-refractivity contribution < 1.29 is 22.7 Å². The molecule has 0 saturated carbocycles. The average molecular weight is 370 g/mol. The number of nitrogens with one attached hydrogen (secondary N) is 1. The first-order valence-electron chi connectivity index (χ1n) is 8.39. The molecule has 0 spiro atoms. The van der Waals surface area contributed by atoms with Crippen LogP contribution in [0.15, 0.2) is 18.2 Å². The van der Waals surface area contributed by atoms with Gasteiger partial charge in [0.25, 0.3) is 0 Å². The fraction of sp³-hybridized carbons (Fsp3) is 0.529. The Bertz CT molecular complexity index is 797. The summed E-state index contributed by atoms with van der Waals surface area (Å²) in [6.45, 7) is 1.35. The van der Waals surface area contributed by atoms with Gasteiger partial charge in [-0.15, -0.1) is 0 Å². The van der Waals surface area contributed by atoms with Crippen molar-refractivity contribution in [1.29, 1.82) is 0 Å². The lowest BCUT2D eigenvalue weighted by Gasteiger charge is -2.21. The lowest BCUT2D eigenvalue weighted by atomic mass is 10.2. The number of imidazole rings is 1. The van der Waals surface area contributed by atoms with Crippen LogP contribution in [0.4, 0.5) is 18.0 Å². The van der Waals surface area contributed by atoms with Crippen LogP contribution in [0.25, 0.3) is 11.0 Å². The van der Waals surface area contributed by atoms with Crippen LogP contribution >= 0.6 is 0 Å². The molecule has 3 rings (SSSR count). The van der Waals surface area contributed by atoms with Crippen molar-refractivity contribution in [3.05, 3.63) is 29.6 Å². The second-order valence-electron chi connectivity index (χ2n) is 6.46. The molecule has 1 aliphatic heterocycles. The summed E-state index contributed by atoms with van der Waals surface area (Å²) < 4.78 is 45.7. The predicted octanol–water partition coefficient (Wildman–Crippen LogP) is 2.91. The third-order valence-electron chi connectivity index (χ3n) is 4.55. The molecule has 2 amide bonds. The molecule has 0 radical (unpaired) electrons. The van der Waals surface area contributed by atoms with Crippen LogP contribution in [0.2, 0.25) is 0 Å². The van der Waals surface area contributed by atoms with Gasteiger partial charge in [0.15, 0.2) is 0 Å². The highest BCUT2D eigenvalue weighted by molar-refractivity contribution is 5.77. The van der Waals surface area contributed by atoms with Gasteiger partial charge in [0.05, 0.1) is 29.2 Å². The van der Waals surface area contributed by atoms with Crippen LogP contribution in [-0.2, 0) is 24.5 Å². The van der Waals surface area contributed by atoms with Crippen molar-refractivity contribution in [3.8, 4) is 0 Å². The summed E-state index contributed by atoms with van der Waals surface area (Å²) in [6.07, 6.45) is -2.42. The number of alkyl halides is 3. The third-order valence-corrected chi connectivity index (χ3v) is 4.55. The number of hydrogen-bond donors (Lipinski definition) is 1. The fourth-order valence-corrected chi connectivity index (χ4v) is 3.05. The molecular weight excluding hydrogens is 349 g/mol. The Morgan fingerprint density at radius 1 is 1.46 bits per heavy atom. The molecule has 2 aromatic rings. The normalized spacial score (nSPS) is 17.7. The Balaban J connectivity index is 1.66. The molecule has 1 unspecified atom stereocenters. The second-order valence-corrected chi connectivity index (χ2v) is 6.46. The van der Waals surface area contributed by atoms with E-state index in [9.17, 15) is 18.0 Å². The van der Waals surface area contributed by atoms with E-state index in [1.807, 2.05) is 0 Å². The van der Waals surface area contributed by atoms with E-state index in [-0.39, 0.29) is 24.2 Å². The molecule has 26 heavy (non-hydrogen) atoms. The molecule has 1 saturated heterocycles.